The average molecular weight is 352 g/mol. The third kappa shape index (κ3) is 2.82. The Bertz CT molecular complexity index is 764. The maximum absolute atomic E-state index is 12.1. The molecule has 0 atom stereocenters. The van der Waals surface area contributed by atoms with Gasteiger partial charge in [-0.2, -0.15) is 0 Å². The number of nitrogens with zero attached hydrogens (tertiary/aromatic N) is 2. The van der Waals surface area contributed by atoms with Crippen LogP contribution in [0.4, 0.5) is 11.4 Å². The van der Waals surface area contributed by atoms with Crippen molar-refractivity contribution in [3.63, 3.8) is 0 Å². The minimum absolute atomic E-state index is 0.132. The molecular weight excluding hydrogens is 338 g/mol. The Hall–Kier alpha value is -1.99. The van der Waals surface area contributed by atoms with E-state index in [0.29, 0.717) is 28.9 Å². The summed E-state index contributed by atoms with van der Waals surface area (Å²) in [7, 11) is 0. The second kappa shape index (κ2) is 5.90. The molecule has 0 radical (unpaired) electrons. The molecule has 8 heteroatoms. The lowest BCUT2D eigenvalue weighted by molar-refractivity contribution is -0.117. The van der Waals surface area contributed by atoms with Gasteiger partial charge in [-0.3, -0.25) is 4.79 Å². The van der Waals surface area contributed by atoms with Crippen LogP contribution < -0.4 is 19.7 Å². The fourth-order valence-electron chi connectivity index (χ4n) is 2.75. The van der Waals surface area contributed by atoms with Gasteiger partial charge in [-0.25, -0.2) is 4.98 Å². The second-order valence-electron chi connectivity index (χ2n) is 5.30. The molecule has 6 nitrogen and oxygen atoms in total. The Labute approximate surface area is 142 Å². The summed E-state index contributed by atoms with van der Waals surface area (Å²) in [6.45, 7) is 1.51. The van der Waals surface area contributed by atoms with Crippen molar-refractivity contribution in [1.82, 2.24) is 4.98 Å². The monoisotopic (exact) mass is 351 g/mol. The lowest BCUT2D eigenvalue weighted by atomic mass is 10.2. The van der Waals surface area contributed by atoms with E-state index < -0.39 is 0 Å². The van der Waals surface area contributed by atoms with E-state index in [1.807, 2.05) is 12.1 Å². The second-order valence-corrected chi connectivity index (χ2v) is 7.00. The summed E-state index contributed by atoms with van der Waals surface area (Å²) in [5.74, 6) is 1.49. The first-order chi connectivity index (χ1) is 11.2. The lowest BCUT2D eigenvalue weighted by Crippen LogP contribution is -2.24. The van der Waals surface area contributed by atoms with Crippen LogP contribution in [0.2, 0.25) is 4.47 Å². The molecule has 23 heavy (non-hydrogen) atoms. The molecule has 2 aromatic rings. The lowest BCUT2D eigenvalue weighted by Gasteiger charge is -2.21. The number of carbonyl (C=O) groups excluding carboxylic acids is 1. The highest BCUT2D eigenvalue weighted by molar-refractivity contribution is 7.15. The first kappa shape index (κ1) is 14.6. The van der Waals surface area contributed by atoms with Gasteiger partial charge in [0.25, 0.3) is 0 Å². The molecule has 120 valence electrons. The van der Waals surface area contributed by atoms with Gasteiger partial charge in [0.05, 0.1) is 17.9 Å². The van der Waals surface area contributed by atoms with Crippen molar-refractivity contribution in [2.45, 2.75) is 19.4 Å². The van der Waals surface area contributed by atoms with Gasteiger partial charge < -0.3 is 19.7 Å². The molecule has 3 heterocycles. The number of halogens is 1. The summed E-state index contributed by atoms with van der Waals surface area (Å²) in [5, 5.41) is 3.35. The summed E-state index contributed by atoms with van der Waals surface area (Å²) in [5.41, 5.74) is 1.67. The number of rotatable bonds is 4. The van der Waals surface area contributed by atoms with Crippen molar-refractivity contribution in [3.8, 4) is 11.5 Å². The van der Waals surface area contributed by atoms with Crippen LogP contribution in [-0.2, 0) is 11.3 Å². The van der Waals surface area contributed by atoms with Gasteiger partial charge in [-0.1, -0.05) is 11.6 Å². The van der Waals surface area contributed by atoms with Crippen molar-refractivity contribution < 1.29 is 14.3 Å². The van der Waals surface area contributed by atoms with Gasteiger partial charge in [-0.05, 0) is 6.42 Å². The summed E-state index contributed by atoms with van der Waals surface area (Å²) >= 11 is 7.29. The zero-order valence-corrected chi connectivity index (χ0v) is 13.7. The largest absolute Gasteiger partial charge is 0.454 e. The normalized spacial score (nSPS) is 16.2. The van der Waals surface area contributed by atoms with Crippen molar-refractivity contribution in [2.24, 2.45) is 0 Å². The van der Waals surface area contributed by atoms with Crippen molar-refractivity contribution in [3.05, 3.63) is 27.7 Å². The Balaban J connectivity index is 1.64. The van der Waals surface area contributed by atoms with Crippen molar-refractivity contribution >= 4 is 40.2 Å². The summed E-state index contributed by atoms with van der Waals surface area (Å²) in [6.07, 6.45) is 3.20. The summed E-state index contributed by atoms with van der Waals surface area (Å²) < 4.78 is 11.4. The molecule has 2 aliphatic heterocycles. The van der Waals surface area contributed by atoms with E-state index in [2.05, 4.69) is 10.3 Å². The van der Waals surface area contributed by atoms with Crippen molar-refractivity contribution in [1.29, 1.82) is 0 Å². The molecule has 1 saturated heterocycles. The number of carbonyl (C=O) groups is 1. The highest BCUT2D eigenvalue weighted by Gasteiger charge is 2.27. The van der Waals surface area contributed by atoms with Crippen molar-refractivity contribution in [2.75, 3.05) is 23.6 Å². The zero-order valence-electron chi connectivity index (χ0n) is 12.2. The van der Waals surface area contributed by atoms with Crippen LogP contribution in [0.5, 0.6) is 11.5 Å². The SMILES string of the molecule is O=C1CCCN1c1cc2c(cc1NCc1cnc(Cl)s1)OCO2. The Kier molecular flexibility index (Phi) is 3.74. The predicted octanol–water partition coefficient (Wildman–Crippen LogP) is 3.26. The number of amides is 1. The van der Waals surface area contributed by atoms with E-state index in [9.17, 15) is 4.79 Å². The molecule has 1 amide bonds. The molecule has 1 fully saturated rings. The van der Waals surface area contributed by atoms with Crippen LogP contribution in [-0.4, -0.2) is 24.2 Å². The number of thiazole rings is 1. The number of benzene rings is 1. The molecule has 0 spiro atoms. The van der Waals surface area contributed by atoms with Gasteiger partial charge in [0.2, 0.25) is 12.7 Å². The number of hydrogen-bond acceptors (Lipinski definition) is 6. The molecular formula is C15H14ClN3O3S. The van der Waals surface area contributed by atoms with E-state index in [1.54, 1.807) is 11.1 Å². The van der Waals surface area contributed by atoms with Crippen LogP contribution in [0.3, 0.4) is 0 Å². The van der Waals surface area contributed by atoms with E-state index >= 15 is 0 Å². The first-order valence-corrected chi connectivity index (χ1v) is 8.48. The van der Waals surface area contributed by atoms with Gasteiger partial charge >= 0.3 is 0 Å². The topological polar surface area (TPSA) is 63.7 Å². The molecule has 0 saturated carbocycles. The van der Waals surface area contributed by atoms with Crippen LogP contribution in [0.15, 0.2) is 18.3 Å². The van der Waals surface area contributed by atoms with Gasteiger partial charge in [0.15, 0.2) is 16.0 Å². The fourth-order valence-corrected chi connectivity index (χ4v) is 3.66. The maximum Gasteiger partial charge on any atom is 0.231 e. The molecule has 2 aliphatic rings. The van der Waals surface area contributed by atoms with Crippen LogP contribution in [0, 0.1) is 0 Å². The quantitative estimate of drug-likeness (QED) is 0.916. The Morgan fingerprint density at radius 3 is 2.87 bits per heavy atom. The molecule has 0 unspecified atom stereocenters. The molecule has 1 aromatic heterocycles. The average Bonchev–Trinajstić information content (AvgIpc) is 3.25. The van der Waals surface area contributed by atoms with Gasteiger partial charge in [0, 0.05) is 36.2 Å². The summed E-state index contributed by atoms with van der Waals surface area (Å²) in [6, 6.07) is 3.75. The first-order valence-electron chi connectivity index (χ1n) is 7.29. The molecule has 1 N–H and O–H groups in total. The molecule has 1 aromatic carbocycles. The third-order valence-electron chi connectivity index (χ3n) is 3.83. The predicted molar refractivity (Wildman–Crippen MR) is 88.6 cm³/mol. The van der Waals surface area contributed by atoms with E-state index in [1.165, 1.54) is 11.3 Å². The van der Waals surface area contributed by atoms with Gasteiger partial charge in [0.1, 0.15) is 0 Å². The third-order valence-corrected chi connectivity index (χ3v) is 4.95. The molecule has 4 rings (SSSR count). The number of aromatic nitrogens is 1. The molecule has 0 bridgehead atoms. The zero-order chi connectivity index (χ0) is 15.8. The minimum atomic E-state index is 0.132. The number of fused-ring (bicyclic) bond motifs is 1. The maximum atomic E-state index is 12.1. The molecule has 0 aliphatic carbocycles. The van der Waals surface area contributed by atoms with Gasteiger partial charge in [-0.15, -0.1) is 11.3 Å². The van der Waals surface area contributed by atoms with E-state index in [0.717, 1.165) is 29.2 Å². The van der Waals surface area contributed by atoms with Crippen LogP contribution >= 0.6 is 22.9 Å². The smallest absolute Gasteiger partial charge is 0.231 e. The number of hydrogen-bond donors (Lipinski definition) is 1. The number of anilines is 2. The fraction of sp³-hybridized carbons (Fsp3) is 0.333. The standard InChI is InChI=1S/C15H14ClN3O3S/c16-15-18-7-9(23-15)6-17-10-4-12-13(22-8-21-12)5-11(10)19-3-1-2-14(19)20/h4-5,7,17H,1-3,6,8H2. The van der Waals surface area contributed by atoms with Crippen LogP contribution in [0.1, 0.15) is 17.7 Å². The highest BCUT2D eigenvalue weighted by Crippen LogP contribution is 2.42. The van der Waals surface area contributed by atoms with E-state index in [-0.39, 0.29) is 12.7 Å². The van der Waals surface area contributed by atoms with Crippen LogP contribution in [0.25, 0.3) is 0 Å². The minimum Gasteiger partial charge on any atom is -0.454 e. The highest BCUT2D eigenvalue weighted by atomic mass is 35.5. The Morgan fingerprint density at radius 2 is 2.17 bits per heavy atom. The number of nitrogens with one attached hydrogen (secondary N) is 1. The Morgan fingerprint density at radius 1 is 1.35 bits per heavy atom. The summed E-state index contributed by atoms with van der Waals surface area (Å²) in [4.78, 5) is 19.0. The number of ether oxygens (including phenoxy) is 2. The van der Waals surface area contributed by atoms with E-state index in [4.69, 9.17) is 21.1 Å².